The van der Waals surface area contributed by atoms with Crippen LogP contribution in [0.3, 0.4) is 0 Å². The number of hydrogen-bond acceptors (Lipinski definition) is 3. The zero-order valence-electron chi connectivity index (χ0n) is 20.0. The molecule has 0 bridgehead atoms. The van der Waals surface area contributed by atoms with Gasteiger partial charge in [0.2, 0.25) is 0 Å². The van der Waals surface area contributed by atoms with Crippen LogP contribution in [-0.2, 0) is 0 Å². The Morgan fingerprint density at radius 2 is 1.08 bits per heavy atom. The lowest BCUT2D eigenvalue weighted by Gasteiger charge is -2.08. The van der Waals surface area contributed by atoms with Crippen molar-refractivity contribution in [1.29, 1.82) is 0 Å². The van der Waals surface area contributed by atoms with E-state index in [1.165, 1.54) is 42.4 Å². The van der Waals surface area contributed by atoms with E-state index in [1.54, 1.807) is 0 Å². The minimum Gasteiger partial charge on any atom is -0.237 e. The van der Waals surface area contributed by atoms with E-state index in [4.69, 9.17) is 4.98 Å². The molecular weight excluding hydrogens is 468 g/mol. The highest BCUT2D eigenvalue weighted by atomic mass is 32.1. The Morgan fingerprint density at radius 1 is 0.432 bits per heavy atom. The van der Waals surface area contributed by atoms with Crippen LogP contribution in [0.15, 0.2) is 134 Å². The Morgan fingerprint density at radius 3 is 1.95 bits per heavy atom. The van der Waals surface area contributed by atoms with Crippen LogP contribution in [0.25, 0.3) is 65.1 Å². The van der Waals surface area contributed by atoms with Crippen molar-refractivity contribution < 1.29 is 0 Å². The molecule has 0 unspecified atom stereocenters. The summed E-state index contributed by atoms with van der Waals surface area (Å²) >= 11 is 1.85. The number of aromatic nitrogens is 2. The van der Waals surface area contributed by atoms with Crippen LogP contribution >= 0.6 is 11.3 Å². The Kier molecular flexibility index (Phi) is 5.34. The average molecular weight is 491 g/mol. The van der Waals surface area contributed by atoms with Crippen LogP contribution < -0.4 is 0 Å². The van der Waals surface area contributed by atoms with Gasteiger partial charge in [0.25, 0.3) is 0 Å². The normalized spacial score (nSPS) is 11.2. The second-order valence-corrected chi connectivity index (χ2v) is 10.2. The van der Waals surface area contributed by atoms with Gasteiger partial charge in [-0.1, -0.05) is 97.1 Å². The fourth-order valence-corrected chi connectivity index (χ4v) is 5.95. The van der Waals surface area contributed by atoms with Gasteiger partial charge in [-0.05, 0) is 52.6 Å². The van der Waals surface area contributed by atoms with E-state index < -0.39 is 0 Å². The average Bonchev–Trinajstić information content (AvgIpc) is 3.36. The van der Waals surface area contributed by atoms with Crippen molar-refractivity contribution in [2.24, 2.45) is 0 Å². The summed E-state index contributed by atoms with van der Waals surface area (Å²) in [5.41, 5.74) is 7.85. The lowest BCUT2D eigenvalue weighted by Crippen LogP contribution is -1.91. The standard InChI is InChI=1S/C34H22N2S/c1-2-7-24(8-3-1)31-19-20-35-34(36-31)25-15-13-23(14-16-25)26-9-6-10-27(21-26)28-17-18-33-30(22-28)29-11-4-5-12-32(29)37-33/h1-22H. The summed E-state index contributed by atoms with van der Waals surface area (Å²) in [4.78, 5) is 9.32. The smallest absolute Gasteiger partial charge is 0.159 e. The third-order valence-corrected chi connectivity index (χ3v) is 7.93. The lowest BCUT2D eigenvalue weighted by molar-refractivity contribution is 1.18. The monoisotopic (exact) mass is 490 g/mol. The first-order chi connectivity index (χ1) is 18.3. The number of fused-ring (bicyclic) bond motifs is 3. The van der Waals surface area contributed by atoms with Crippen molar-refractivity contribution in [2.75, 3.05) is 0 Å². The van der Waals surface area contributed by atoms with Gasteiger partial charge in [-0.3, -0.25) is 0 Å². The molecule has 0 saturated carbocycles. The predicted octanol–water partition coefficient (Wildman–Crippen LogP) is 9.51. The molecule has 0 spiro atoms. The van der Waals surface area contributed by atoms with E-state index in [1.807, 2.05) is 41.8 Å². The summed E-state index contributed by atoms with van der Waals surface area (Å²) in [6, 6.07) is 44.9. The van der Waals surface area contributed by atoms with E-state index in [2.05, 4.69) is 108 Å². The van der Waals surface area contributed by atoms with Crippen LogP contribution in [0.2, 0.25) is 0 Å². The molecule has 2 heterocycles. The van der Waals surface area contributed by atoms with Gasteiger partial charge in [0.15, 0.2) is 5.82 Å². The van der Waals surface area contributed by atoms with Gasteiger partial charge in [-0.2, -0.15) is 0 Å². The lowest BCUT2D eigenvalue weighted by atomic mass is 9.97. The molecule has 7 rings (SSSR count). The third-order valence-electron chi connectivity index (χ3n) is 6.77. The third kappa shape index (κ3) is 4.10. The second-order valence-electron chi connectivity index (χ2n) is 9.10. The Bertz CT molecular complexity index is 1870. The predicted molar refractivity (Wildman–Crippen MR) is 157 cm³/mol. The maximum atomic E-state index is 4.80. The molecule has 5 aromatic carbocycles. The van der Waals surface area contributed by atoms with Gasteiger partial charge in [-0.25, -0.2) is 9.97 Å². The maximum absolute atomic E-state index is 4.80. The van der Waals surface area contributed by atoms with Crippen molar-refractivity contribution in [3.05, 3.63) is 134 Å². The molecule has 0 saturated heterocycles. The molecule has 0 N–H and O–H groups in total. The van der Waals surface area contributed by atoms with Crippen LogP contribution in [0.4, 0.5) is 0 Å². The first-order valence-electron chi connectivity index (χ1n) is 12.3. The Balaban J connectivity index is 1.21. The molecule has 0 fully saturated rings. The molecule has 0 atom stereocenters. The highest BCUT2D eigenvalue weighted by Crippen LogP contribution is 2.37. The van der Waals surface area contributed by atoms with E-state index in [0.29, 0.717) is 0 Å². The molecule has 0 aliphatic carbocycles. The molecule has 0 amide bonds. The van der Waals surface area contributed by atoms with Crippen molar-refractivity contribution in [2.45, 2.75) is 0 Å². The SMILES string of the molecule is c1ccc(-c2ccnc(-c3ccc(-c4cccc(-c5ccc6sc7ccccc7c6c5)c4)cc3)n2)cc1. The molecular formula is C34H22N2S. The highest BCUT2D eigenvalue weighted by Gasteiger charge is 2.09. The van der Waals surface area contributed by atoms with Crippen molar-refractivity contribution in [3.8, 4) is 44.9 Å². The van der Waals surface area contributed by atoms with E-state index in [-0.39, 0.29) is 0 Å². The molecule has 174 valence electrons. The molecule has 0 aliphatic rings. The Hall–Kier alpha value is -4.60. The molecule has 37 heavy (non-hydrogen) atoms. The first-order valence-corrected chi connectivity index (χ1v) is 13.1. The van der Waals surface area contributed by atoms with E-state index in [0.717, 1.165) is 22.6 Å². The minimum absolute atomic E-state index is 0.734. The number of benzene rings is 5. The summed E-state index contributed by atoms with van der Waals surface area (Å²) in [6.07, 6.45) is 1.83. The Labute approximate surface area is 219 Å². The zero-order chi connectivity index (χ0) is 24.6. The number of rotatable bonds is 4. The molecule has 0 radical (unpaired) electrons. The van der Waals surface area contributed by atoms with Gasteiger partial charge < -0.3 is 0 Å². The number of nitrogens with zero attached hydrogens (tertiary/aromatic N) is 2. The molecule has 2 nitrogen and oxygen atoms in total. The van der Waals surface area contributed by atoms with Gasteiger partial charge in [-0.15, -0.1) is 11.3 Å². The van der Waals surface area contributed by atoms with Crippen LogP contribution in [0, 0.1) is 0 Å². The van der Waals surface area contributed by atoms with Gasteiger partial charge in [0.05, 0.1) is 5.69 Å². The number of thiophene rings is 1. The maximum Gasteiger partial charge on any atom is 0.159 e. The van der Waals surface area contributed by atoms with E-state index >= 15 is 0 Å². The zero-order valence-corrected chi connectivity index (χ0v) is 20.8. The van der Waals surface area contributed by atoms with E-state index in [9.17, 15) is 0 Å². The fraction of sp³-hybridized carbons (Fsp3) is 0. The molecule has 0 aliphatic heterocycles. The van der Waals surface area contributed by atoms with Crippen LogP contribution in [-0.4, -0.2) is 9.97 Å². The largest absolute Gasteiger partial charge is 0.237 e. The van der Waals surface area contributed by atoms with Crippen LogP contribution in [0.5, 0.6) is 0 Å². The topological polar surface area (TPSA) is 25.8 Å². The summed E-state index contributed by atoms with van der Waals surface area (Å²) in [5, 5.41) is 2.65. The van der Waals surface area contributed by atoms with Gasteiger partial charge in [0, 0.05) is 37.5 Å². The van der Waals surface area contributed by atoms with Gasteiger partial charge >= 0.3 is 0 Å². The van der Waals surface area contributed by atoms with Crippen molar-refractivity contribution >= 4 is 31.5 Å². The minimum atomic E-state index is 0.734. The number of hydrogen-bond donors (Lipinski definition) is 0. The molecule has 7 aromatic rings. The van der Waals surface area contributed by atoms with Crippen molar-refractivity contribution in [1.82, 2.24) is 9.97 Å². The summed E-state index contributed by atoms with van der Waals surface area (Å²) in [6.45, 7) is 0. The summed E-state index contributed by atoms with van der Waals surface area (Å²) in [7, 11) is 0. The molecule has 2 aromatic heterocycles. The second kappa shape index (κ2) is 9.12. The summed E-state index contributed by atoms with van der Waals surface area (Å²) < 4.78 is 2.66. The molecule has 3 heteroatoms. The van der Waals surface area contributed by atoms with Gasteiger partial charge in [0.1, 0.15) is 0 Å². The highest BCUT2D eigenvalue weighted by molar-refractivity contribution is 7.25. The fourth-order valence-electron chi connectivity index (χ4n) is 4.86. The quantitative estimate of drug-likeness (QED) is 0.245. The summed E-state index contributed by atoms with van der Waals surface area (Å²) in [5.74, 6) is 0.734. The van der Waals surface area contributed by atoms with Crippen molar-refractivity contribution in [3.63, 3.8) is 0 Å². The first kappa shape index (κ1) is 21.7. The van der Waals surface area contributed by atoms with Crippen LogP contribution in [0.1, 0.15) is 0 Å².